The first kappa shape index (κ1) is 16.1. The van der Waals surface area contributed by atoms with Crippen LogP contribution in [0.25, 0.3) is 5.57 Å². The predicted molar refractivity (Wildman–Crippen MR) is 100 cm³/mol. The summed E-state index contributed by atoms with van der Waals surface area (Å²) in [5, 5.41) is 0.787. The number of rotatable bonds is 3. The number of fused-ring (bicyclic) bond motifs is 2. The molecule has 0 aromatic heterocycles. The summed E-state index contributed by atoms with van der Waals surface area (Å²) >= 11 is 6.30. The maximum Gasteiger partial charge on any atom is 0.0447 e. The first-order valence-corrected chi connectivity index (χ1v) is 8.38. The minimum atomic E-state index is 0.787. The van der Waals surface area contributed by atoms with Crippen molar-refractivity contribution in [3.05, 3.63) is 70.3 Å². The van der Waals surface area contributed by atoms with Gasteiger partial charge in [-0.25, -0.2) is 0 Å². The van der Waals surface area contributed by atoms with Crippen LogP contribution in [0.3, 0.4) is 0 Å². The van der Waals surface area contributed by atoms with E-state index in [1.807, 2.05) is 6.07 Å². The lowest BCUT2D eigenvalue weighted by atomic mass is 9.93. The zero-order chi connectivity index (χ0) is 16.4. The second-order valence-electron chi connectivity index (χ2n) is 6.38. The fraction of sp³-hybridized carbons (Fsp3) is 0.300. The van der Waals surface area contributed by atoms with Gasteiger partial charge < -0.3 is 9.80 Å². The van der Waals surface area contributed by atoms with Crippen molar-refractivity contribution >= 4 is 22.9 Å². The van der Waals surface area contributed by atoms with Gasteiger partial charge >= 0.3 is 0 Å². The summed E-state index contributed by atoms with van der Waals surface area (Å²) in [7, 11) is 6.36. The second-order valence-corrected chi connectivity index (χ2v) is 6.82. The molecule has 0 radical (unpaired) electrons. The van der Waals surface area contributed by atoms with Crippen LogP contribution in [0.5, 0.6) is 0 Å². The molecule has 3 rings (SSSR count). The molecular formula is C20H23ClN2. The SMILES string of the molecule is CN(C)CC/C=C1\c2ccccc2CN(C)c2ccc(Cl)cc21. The normalized spacial score (nSPS) is 15.5. The van der Waals surface area contributed by atoms with Crippen LogP contribution in [0, 0.1) is 0 Å². The van der Waals surface area contributed by atoms with Gasteiger partial charge in [-0.1, -0.05) is 41.9 Å². The molecule has 0 bridgehead atoms. The van der Waals surface area contributed by atoms with Crippen LogP contribution in [0.4, 0.5) is 5.69 Å². The van der Waals surface area contributed by atoms with E-state index in [4.69, 9.17) is 11.6 Å². The Kier molecular flexibility index (Phi) is 4.74. The highest BCUT2D eigenvalue weighted by molar-refractivity contribution is 6.31. The molecule has 2 nitrogen and oxygen atoms in total. The van der Waals surface area contributed by atoms with E-state index in [-0.39, 0.29) is 0 Å². The molecule has 1 aliphatic rings. The molecule has 1 heterocycles. The van der Waals surface area contributed by atoms with Gasteiger partial charge in [-0.3, -0.25) is 0 Å². The summed E-state index contributed by atoms with van der Waals surface area (Å²) in [6.45, 7) is 1.95. The number of anilines is 1. The van der Waals surface area contributed by atoms with E-state index in [0.29, 0.717) is 0 Å². The van der Waals surface area contributed by atoms with E-state index in [0.717, 1.165) is 24.5 Å². The quantitative estimate of drug-likeness (QED) is 0.808. The van der Waals surface area contributed by atoms with Crippen LogP contribution in [0.1, 0.15) is 23.1 Å². The molecule has 23 heavy (non-hydrogen) atoms. The van der Waals surface area contributed by atoms with Crippen molar-refractivity contribution in [2.24, 2.45) is 0 Å². The van der Waals surface area contributed by atoms with Crippen LogP contribution in [0.2, 0.25) is 5.02 Å². The molecular weight excluding hydrogens is 304 g/mol. The van der Waals surface area contributed by atoms with Gasteiger partial charge in [0.15, 0.2) is 0 Å². The molecule has 0 aliphatic carbocycles. The van der Waals surface area contributed by atoms with Gasteiger partial charge in [0.05, 0.1) is 0 Å². The average Bonchev–Trinajstić information content (AvgIpc) is 2.62. The summed E-state index contributed by atoms with van der Waals surface area (Å²) in [6.07, 6.45) is 3.37. The fourth-order valence-corrected chi connectivity index (χ4v) is 3.32. The van der Waals surface area contributed by atoms with Crippen LogP contribution < -0.4 is 4.90 Å². The molecule has 0 fully saturated rings. The molecule has 2 aromatic rings. The Morgan fingerprint density at radius 2 is 1.91 bits per heavy atom. The lowest BCUT2D eigenvalue weighted by Gasteiger charge is -2.20. The summed E-state index contributed by atoms with van der Waals surface area (Å²) < 4.78 is 0. The van der Waals surface area contributed by atoms with Crippen molar-refractivity contribution in [2.45, 2.75) is 13.0 Å². The summed E-state index contributed by atoms with van der Waals surface area (Å²) in [5.41, 5.74) is 6.44. The van der Waals surface area contributed by atoms with Crippen LogP contribution in [-0.4, -0.2) is 32.6 Å². The number of nitrogens with zero attached hydrogens (tertiary/aromatic N) is 2. The molecule has 0 spiro atoms. The lowest BCUT2D eigenvalue weighted by Crippen LogP contribution is -2.16. The van der Waals surface area contributed by atoms with E-state index in [1.165, 1.54) is 28.0 Å². The van der Waals surface area contributed by atoms with Gasteiger partial charge in [0.25, 0.3) is 0 Å². The zero-order valence-corrected chi connectivity index (χ0v) is 14.8. The molecule has 0 saturated carbocycles. The van der Waals surface area contributed by atoms with Gasteiger partial charge in [0, 0.05) is 36.4 Å². The number of benzene rings is 2. The van der Waals surface area contributed by atoms with Crippen LogP contribution in [-0.2, 0) is 6.54 Å². The number of hydrogen-bond acceptors (Lipinski definition) is 2. The van der Waals surface area contributed by atoms with Crippen LogP contribution in [0.15, 0.2) is 48.5 Å². The average molecular weight is 327 g/mol. The third-order valence-electron chi connectivity index (χ3n) is 4.30. The summed E-state index contributed by atoms with van der Waals surface area (Å²) in [4.78, 5) is 4.52. The Hall–Kier alpha value is -1.77. The summed E-state index contributed by atoms with van der Waals surface area (Å²) in [5.74, 6) is 0. The minimum absolute atomic E-state index is 0.787. The Balaban J connectivity index is 2.15. The van der Waals surface area contributed by atoms with Gasteiger partial charge in [0.2, 0.25) is 0 Å². The molecule has 0 amide bonds. The van der Waals surface area contributed by atoms with Crippen molar-refractivity contribution < 1.29 is 0 Å². The number of hydrogen-bond donors (Lipinski definition) is 0. The van der Waals surface area contributed by atoms with Gasteiger partial charge in [-0.15, -0.1) is 0 Å². The monoisotopic (exact) mass is 326 g/mol. The second kappa shape index (κ2) is 6.77. The van der Waals surface area contributed by atoms with Crippen molar-refractivity contribution in [1.82, 2.24) is 4.90 Å². The molecule has 0 unspecified atom stereocenters. The maximum absolute atomic E-state index is 6.30. The molecule has 1 aliphatic heterocycles. The maximum atomic E-state index is 6.30. The van der Waals surface area contributed by atoms with Crippen molar-refractivity contribution in [3.8, 4) is 0 Å². The highest BCUT2D eigenvalue weighted by Crippen LogP contribution is 2.38. The molecule has 0 N–H and O–H groups in total. The topological polar surface area (TPSA) is 6.48 Å². The zero-order valence-electron chi connectivity index (χ0n) is 14.0. The Morgan fingerprint density at radius 3 is 2.70 bits per heavy atom. The van der Waals surface area contributed by atoms with Gasteiger partial charge in [-0.2, -0.15) is 0 Å². The van der Waals surface area contributed by atoms with Crippen molar-refractivity contribution in [1.29, 1.82) is 0 Å². The third kappa shape index (κ3) is 3.44. The Morgan fingerprint density at radius 1 is 1.13 bits per heavy atom. The largest absolute Gasteiger partial charge is 0.370 e. The summed E-state index contributed by atoms with van der Waals surface area (Å²) in [6, 6.07) is 14.9. The smallest absolute Gasteiger partial charge is 0.0447 e. The minimum Gasteiger partial charge on any atom is -0.370 e. The molecule has 3 heteroatoms. The van der Waals surface area contributed by atoms with Crippen molar-refractivity contribution in [3.63, 3.8) is 0 Å². The molecule has 120 valence electrons. The van der Waals surface area contributed by atoms with E-state index >= 15 is 0 Å². The van der Waals surface area contributed by atoms with Gasteiger partial charge in [0.1, 0.15) is 0 Å². The Labute approximate surface area is 144 Å². The van der Waals surface area contributed by atoms with Crippen molar-refractivity contribution in [2.75, 3.05) is 32.6 Å². The first-order chi connectivity index (χ1) is 11.1. The Bertz CT molecular complexity index is 734. The first-order valence-electron chi connectivity index (χ1n) is 8.00. The predicted octanol–water partition coefficient (Wildman–Crippen LogP) is 4.67. The lowest BCUT2D eigenvalue weighted by molar-refractivity contribution is 0.417. The highest BCUT2D eigenvalue weighted by Gasteiger charge is 2.20. The highest BCUT2D eigenvalue weighted by atomic mass is 35.5. The van der Waals surface area contributed by atoms with E-state index < -0.39 is 0 Å². The van der Waals surface area contributed by atoms with E-state index in [9.17, 15) is 0 Å². The third-order valence-corrected chi connectivity index (χ3v) is 4.53. The van der Waals surface area contributed by atoms with E-state index in [2.05, 4.69) is 73.4 Å². The molecule has 0 atom stereocenters. The number of halogens is 1. The van der Waals surface area contributed by atoms with Gasteiger partial charge in [-0.05, 0) is 55.4 Å². The molecule has 2 aromatic carbocycles. The standard InChI is InChI=1S/C20H23ClN2/c1-22(2)12-6-9-18-17-8-5-4-7-15(17)14-23(3)20-11-10-16(21)13-19(18)20/h4-5,7-11,13H,6,12,14H2,1-3H3/b18-9+. The van der Waals surface area contributed by atoms with Crippen LogP contribution >= 0.6 is 11.6 Å². The fourth-order valence-electron chi connectivity index (χ4n) is 3.15. The van der Waals surface area contributed by atoms with E-state index in [1.54, 1.807) is 0 Å². The molecule has 0 saturated heterocycles.